The molecule has 2 heterocycles. The average Bonchev–Trinajstić information content (AvgIpc) is 2.64. The molecule has 2 aliphatic rings. The molecule has 0 N–H and O–H groups in total. The second kappa shape index (κ2) is 14.9. The van der Waals surface area contributed by atoms with Gasteiger partial charge in [-0.05, 0) is 39.5 Å². The number of unbranched alkanes of at least 4 members (excludes halogenated alkanes) is 5. The topological polar surface area (TPSA) is 13.0 Å². The van der Waals surface area contributed by atoms with Crippen LogP contribution < -0.4 is 0 Å². The summed E-state index contributed by atoms with van der Waals surface area (Å²) < 4.78 is -0.748. The summed E-state index contributed by atoms with van der Waals surface area (Å²) in [6, 6.07) is 0. The van der Waals surface area contributed by atoms with Crippen LogP contribution in [0.4, 0.5) is 0 Å². The summed E-state index contributed by atoms with van der Waals surface area (Å²) in [7, 11) is 2.21. The van der Waals surface area contributed by atoms with Crippen molar-refractivity contribution in [1.29, 1.82) is 0 Å². The first kappa shape index (κ1) is 27.0. The van der Waals surface area contributed by atoms with Crippen molar-refractivity contribution >= 4 is 23.2 Å². The standard InChI is InChI=1S/C21H42Cl2N4.Mn/c1-3-4-5-6-7-8-12-25-14-10-21(22,23)27-19-15-24(2)11-9-13-26(17-16-25)18-20-27;/h3-20H2,1-2H3;/q;+2. The van der Waals surface area contributed by atoms with Gasteiger partial charge in [0.2, 0.25) is 0 Å². The van der Waals surface area contributed by atoms with Crippen LogP contribution in [0.3, 0.4) is 0 Å². The van der Waals surface area contributed by atoms with E-state index in [4.69, 9.17) is 23.2 Å². The number of hydrogen-bond acceptors (Lipinski definition) is 4. The van der Waals surface area contributed by atoms with Crippen LogP contribution in [0.15, 0.2) is 0 Å². The average molecular weight is 476 g/mol. The van der Waals surface area contributed by atoms with E-state index in [0.29, 0.717) is 0 Å². The van der Waals surface area contributed by atoms with Gasteiger partial charge in [0, 0.05) is 52.2 Å². The fourth-order valence-electron chi connectivity index (χ4n) is 4.19. The van der Waals surface area contributed by atoms with E-state index in [1.807, 2.05) is 0 Å². The van der Waals surface area contributed by atoms with Crippen LogP contribution in [0.1, 0.15) is 58.3 Å². The predicted octanol–water partition coefficient (Wildman–Crippen LogP) is 4.12. The first-order chi connectivity index (χ1) is 13.0. The van der Waals surface area contributed by atoms with Gasteiger partial charge in [-0.15, -0.1) is 0 Å². The summed E-state index contributed by atoms with van der Waals surface area (Å²) in [5.41, 5.74) is 0. The quantitative estimate of drug-likeness (QED) is 0.237. The van der Waals surface area contributed by atoms with Crippen molar-refractivity contribution in [3.8, 4) is 0 Å². The fourth-order valence-corrected chi connectivity index (χ4v) is 4.70. The van der Waals surface area contributed by atoms with Gasteiger partial charge in [0.05, 0.1) is 0 Å². The van der Waals surface area contributed by atoms with Crippen molar-refractivity contribution in [2.24, 2.45) is 0 Å². The number of fused-ring (bicyclic) bond motifs is 3. The molecule has 2 fully saturated rings. The molecule has 2 bridgehead atoms. The smallest absolute Gasteiger partial charge is 0.305 e. The van der Waals surface area contributed by atoms with Crippen molar-refractivity contribution in [2.45, 2.75) is 62.7 Å². The first-order valence-electron chi connectivity index (χ1n) is 11.3. The van der Waals surface area contributed by atoms with Gasteiger partial charge in [-0.2, -0.15) is 0 Å². The van der Waals surface area contributed by atoms with Gasteiger partial charge in [0.15, 0.2) is 4.46 Å². The van der Waals surface area contributed by atoms with Gasteiger partial charge in [-0.1, -0.05) is 62.2 Å². The molecule has 0 aromatic carbocycles. The maximum absolute atomic E-state index is 6.84. The third kappa shape index (κ3) is 10.3. The van der Waals surface area contributed by atoms with Crippen molar-refractivity contribution < 1.29 is 17.1 Å². The Balaban J connectivity index is 0.00000392. The van der Waals surface area contributed by atoms with Crippen LogP contribution in [-0.4, -0.2) is 96.6 Å². The fraction of sp³-hybridized carbons (Fsp3) is 1.00. The van der Waals surface area contributed by atoms with Crippen molar-refractivity contribution in [3.63, 3.8) is 0 Å². The molecule has 0 aromatic heterocycles. The third-order valence-corrected chi connectivity index (χ3v) is 7.06. The molecule has 7 heteroatoms. The van der Waals surface area contributed by atoms with Gasteiger partial charge in [-0.3, -0.25) is 4.90 Å². The number of likely N-dealkylation sites (N-methyl/N-ethyl adjacent to an activating group) is 1. The van der Waals surface area contributed by atoms with E-state index < -0.39 is 4.46 Å². The maximum Gasteiger partial charge on any atom is 2.00 e. The molecular weight excluding hydrogens is 434 g/mol. The summed E-state index contributed by atoms with van der Waals surface area (Å²) in [6.07, 6.45) is 10.2. The molecule has 0 aromatic rings. The van der Waals surface area contributed by atoms with E-state index >= 15 is 0 Å². The molecule has 28 heavy (non-hydrogen) atoms. The summed E-state index contributed by atoms with van der Waals surface area (Å²) in [4.78, 5) is 9.94. The second-order valence-corrected chi connectivity index (χ2v) is 9.95. The minimum atomic E-state index is -0.748. The van der Waals surface area contributed by atoms with Gasteiger partial charge >= 0.3 is 17.1 Å². The zero-order chi connectivity index (χ0) is 19.5. The number of hydrogen-bond donors (Lipinski definition) is 0. The summed E-state index contributed by atoms with van der Waals surface area (Å²) >= 11 is 13.7. The Hall–Kier alpha value is 0.939. The Morgan fingerprint density at radius 2 is 1.43 bits per heavy atom. The first-order valence-corrected chi connectivity index (χ1v) is 12.0. The van der Waals surface area contributed by atoms with E-state index in [2.05, 4.69) is 33.6 Å². The van der Waals surface area contributed by atoms with Crippen LogP contribution >= 0.6 is 23.2 Å². The van der Waals surface area contributed by atoms with Gasteiger partial charge < -0.3 is 14.7 Å². The Morgan fingerprint density at radius 1 is 0.750 bits per heavy atom. The van der Waals surface area contributed by atoms with E-state index in [-0.39, 0.29) is 17.1 Å². The van der Waals surface area contributed by atoms with Gasteiger partial charge in [0.25, 0.3) is 0 Å². The Kier molecular flexibility index (Phi) is 14.3. The summed E-state index contributed by atoms with van der Waals surface area (Å²) in [5.74, 6) is 0. The molecule has 0 aliphatic carbocycles. The zero-order valence-electron chi connectivity index (χ0n) is 18.2. The van der Waals surface area contributed by atoms with E-state index in [1.165, 1.54) is 64.6 Å². The van der Waals surface area contributed by atoms with Gasteiger partial charge in [0.1, 0.15) is 0 Å². The van der Waals surface area contributed by atoms with Crippen molar-refractivity contribution in [3.05, 3.63) is 0 Å². The van der Waals surface area contributed by atoms with E-state index in [1.54, 1.807) is 0 Å². The van der Waals surface area contributed by atoms with Crippen molar-refractivity contribution in [1.82, 2.24) is 19.6 Å². The van der Waals surface area contributed by atoms with Crippen LogP contribution in [0, 0.1) is 0 Å². The van der Waals surface area contributed by atoms with Crippen molar-refractivity contribution in [2.75, 3.05) is 72.5 Å². The minimum Gasteiger partial charge on any atom is -0.305 e. The molecule has 2 rings (SSSR count). The molecule has 0 saturated carbocycles. The molecule has 1 radical (unpaired) electrons. The SMILES string of the molecule is CCCCCCCCN1CCN2CCCN(C)CCN(CC2)C(Cl)(Cl)CC1.[Mn+2]. The number of nitrogens with zero attached hydrogens (tertiary/aromatic N) is 4. The molecule has 4 nitrogen and oxygen atoms in total. The van der Waals surface area contributed by atoms with E-state index in [9.17, 15) is 0 Å². The Bertz CT molecular complexity index is 401. The monoisotopic (exact) mass is 475 g/mol. The van der Waals surface area contributed by atoms with Crippen LogP contribution in [0.25, 0.3) is 0 Å². The molecule has 2 unspecified atom stereocenters. The van der Waals surface area contributed by atoms with Crippen LogP contribution in [0.5, 0.6) is 0 Å². The molecule has 2 atom stereocenters. The normalized spacial score (nSPS) is 27.9. The maximum atomic E-state index is 6.84. The minimum absolute atomic E-state index is 0. The third-order valence-electron chi connectivity index (χ3n) is 6.20. The predicted molar refractivity (Wildman–Crippen MR) is 119 cm³/mol. The Morgan fingerprint density at radius 3 is 2.21 bits per heavy atom. The van der Waals surface area contributed by atoms with Crippen LogP contribution in [0.2, 0.25) is 0 Å². The molecule has 0 amide bonds. The number of halogens is 2. The Labute approximate surface area is 194 Å². The van der Waals surface area contributed by atoms with Gasteiger partial charge in [-0.25, -0.2) is 0 Å². The molecule has 165 valence electrons. The number of rotatable bonds is 7. The summed E-state index contributed by atoms with van der Waals surface area (Å²) in [6.45, 7) is 13.2. The molecule has 2 saturated heterocycles. The summed E-state index contributed by atoms with van der Waals surface area (Å²) in [5, 5.41) is 0. The van der Waals surface area contributed by atoms with E-state index in [0.717, 1.165) is 52.2 Å². The van der Waals surface area contributed by atoms with Crippen LogP contribution in [-0.2, 0) is 17.1 Å². The molecular formula is C21H42Cl2MnN4+2. The molecule has 0 spiro atoms. The molecule has 2 aliphatic heterocycles. The number of alkyl halides is 2. The largest absolute Gasteiger partial charge is 2.00 e. The zero-order valence-corrected chi connectivity index (χ0v) is 20.8. The second-order valence-electron chi connectivity index (χ2n) is 8.51.